The van der Waals surface area contributed by atoms with Crippen LogP contribution in [0.5, 0.6) is 5.75 Å². The Morgan fingerprint density at radius 2 is 1.95 bits per heavy atom. The molecule has 0 saturated heterocycles. The first kappa shape index (κ1) is 18.1. The number of para-hydroxylation sites is 1. The Bertz CT molecular complexity index is 490. The maximum Gasteiger partial charge on any atom is 0.573 e. The summed E-state index contributed by atoms with van der Waals surface area (Å²) in [5.41, 5.74) is 0.293. The van der Waals surface area contributed by atoms with Gasteiger partial charge >= 0.3 is 12.4 Å². The molecule has 0 aliphatic heterocycles. The molecule has 0 aromatic heterocycles. The van der Waals surface area contributed by atoms with Crippen molar-refractivity contribution in [2.45, 2.75) is 33.2 Å². The molecule has 0 aliphatic carbocycles. The summed E-state index contributed by atoms with van der Waals surface area (Å²) in [5.74, 6) is 0.170. The van der Waals surface area contributed by atoms with E-state index < -0.39 is 6.36 Å². The molecule has 4 nitrogen and oxygen atoms in total. The van der Waals surface area contributed by atoms with Crippen molar-refractivity contribution >= 4 is 6.03 Å². The second-order valence-corrected chi connectivity index (χ2v) is 5.43. The molecular weight excluding hydrogens is 297 g/mol. The van der Waals surface area contributed by atoms with E-state index in [9.17, 15) is 18.0 Å². The van der Waals surface area contributed by atoms with E-state index in [1.807, 2.05) is 13.8 Å². The summed E-state index contributed by atoms with van der Waals surface area (Å²) in [5, 5.41) is 2.73. The summed E-state index contributed by atoms with van der Waals surface area (Å²) >= 11 is 0. The lowest BCUT2D eigenvalue weighted by Crippen LogP contribution is -2.37. The molecule has 0 bridgehead atoms. The zero-order valence-electron chi connectivity index (χ0n) is 12.9. The van der Waals surface area contributed by atoms with Crippen LogP contribution < -0.4 is 10.1 Å². The van der Waals surface area contributed by atoms with E-state index in [0.29, 0.717) is 18.0 Å². The van der Waals surface area contributed by atoms with Gasteiger partial charge in [0.1, 0.15) is 5.75 Å². The number of hydrogen-bond acceptors (Lipinski definition) is 2. The highest BCUT2D eigenvalue weighted by atomic mass is 19.4. The molecule has 22 heavy (non-hydrogen) atoms. The van der Waals surface area contributed by atoms with Gasteiger partial charge in [-0.15, -0.1) is 13.2 Å². The zero-order valence-corrected chi connectivity index (χ0v) is 12.9. The fourth-order valence-corrected chi connectivity index (χ4v) is 1.79. The van der Waals surface area contributed by atoms with Crippen molar-refractivity contribution in [1.29, 1.82) is 0 Å². The third-order valence-corrected chi connectivity index (χ3v) is 2.95. The lowest BCUT2D eigenvalue weighted by atomic mass is 10.1. The molecule has 0 unspecified atom stereocenters. The van der Waals surface area contributed by atoms with Crippen molar-refractivity contribution < 1.29 is 22.7 Å². The number of rotatable bonds is 6. The fourth-order valence-electron chi connectivity index (χ4n) is 1.79. The van der Waals surface area contributed by atoms with Gasteiger partial charge in [0, 0.05) is 19.2 Å². The smallest absolute Gasteiger partial charge is 0.405 e. The van der Waals surface area contributed by atoms with Crippen LogP contribution in [0.3, 0.4) is 0 Å². The summed E-state index contributed by atoms with van der Waals surface area (Å²) < 4.78 is 41.0. The number of hydrogen-bond donors (Lipinski definition) is 1. The quantitative estimate of drug-likeness (QED) is 0.867. The van der Waals surface area contributed by atoms with E-state index in [1.165, 1.54) is 30.1 Å². The predicted octanol–water partition coefficient (Wildman–Crippen LogP) is 3.77. The minimum atomic E-state index is -4.76. The molecule has 0 spiro atoms. The Kier molecular flexibility index (Phi) is 6.52. The number of carbonyl (C=O) groups excluding carboxylic acids is 1. The molecule has 0 radical (unpaired) electrons. The SMILES string of the molecule is CC(C)CCNC(=O)N(C)Cc1ccccc1OC(F)(F)F. The summed E-state index contributed by atoms with van der Waals surface area (Å²) in [6.45, 7) is 4.64. The first-order valence-corrected chi connectivity index (χ1v) is 7.01. The first-order valence-electron chi connectivity index (χ1n) is 7.01. The zero-order chi connectivity index (χ0) is 16.8. The Labute approximate surface area is 128 Å². The summed E-state index contributed by atoms with van der Waals surface area (Å²) in [6, 6.07) is 5.45. The van der Waals surface area contributed by atoms with Crippen LogP contribution in [-0.2, 0) is 6.54 Å². The number of nitrogens with zero attached hydrogens (tertiary/aromatic N) is 1. The van der Waals surface area contributed by atoms with E-state index >= 15 is 0 Å². The van der Waals surface area contributed by atoms with Crippen LogP contribution in [0.2, 0.25) is 0 Å². The van der Waals surface area contributed by atoms with Crippen LogP contribution in [-0.4, -0.2) is 30.9 Å². The Hall–Kier alpha value is -1.92. The molecule has 0 saturated carbocycles. The number of nitrogens with one attached hydrogen (secondary N) is 1. The van der Waals surface area contributed by atoms with Crippen molar-refractivity contribution in [2.24, 2.45) is 5.92 Å². The van der Waals surface area contributed by atoms with Crippen molar-refractivity contribution in [3.63, 3.8) is 0 Å². The van der Waals surface area contributed by atoms with Crippen molar-refractivity contribution in [2.75, 3.05) is 13.6 Å². The second-order valence-electron chi connectivity index (χ2n) is 5.43. The number of alkyl halides is 3. The number of ether oxygens (including phenoxy) is 1. The third kappa shape index (κ3) is 6.69. The maximum atomic E-state index is 12.3. The Balaban J connectivity index is 2.64. The summed E-state index contributed by atoms with van der Waals surface area (Å²) in [4.78, 5) is 13.2. The van der Waals surface area contributed by atoms with Gasteiger partial charge in [-0.1, -0.05) is 32.0 Å². The number of benzene rings is 1. The number of carbonyl (C=O) groups is 1. The van der Waals surface area contributed by atoms with Crippen LogP contribution >= 0.6 is 0 Å². The Morgan fingerprint density at radius 3 is 2.55 bits per heavy atom. The molecule has 7 heteroatoms. The van der Waals surface area contributed by atoms with Gasteiger partial charge in [-0.3, -0.25) is 0 Å². The number of amides is 2. The van der Waals surface area contributed by atoms with Crippen LogP contribution in [0.4, 0.5) is 18.0 Å². The molecule has 1 aromatic rings. The normalized spacial score (nSPS) is 11.4. The highest BCUT2D eigenvalue weighted by molar-refractivity contribution is 5.73. The van der Waals surface area contributed by atoms with Gasteiger partial charge in [0.25, 0.3) is 0 Å². The molecule has 0 fully saturated rings. The van der Waals surface area contributed by atoms with E-state index in [1.54, 1.807) is 6.07 Å². The summed E-state index contributed by atoms with van der Waals surface area (Å²) in [6.07, 6.45) is -3.92. The van der Waals surface area contributed by atoms with Crippen LogP contribution in [0.1, 0.15) is 25.8 Å². The topological polar surface area (TPSA) is 41.6 Å². The monoisotopic (exact) mass is 318 g/mol. The van der Waals surface area contributed by atoms with E-state index in [2.05, 4.69) is 10.1 Å². The highest BCUT2D eigenvalue weighted by Crippen LogP contribution is 2.26. The lowest BCUT2D eigenvalue weighted by molar-refractivity contribution is -0.274. The Morgan fingerprint density at radius 1 is 1.32 bits per heavy atom. The average Bonchev–Trinajstić information content (AvgIpc) is 2.38. The minimum Gasteiger partial charge on any atom is -0.405 e. The number of urea groups is 1. The molecule has 124 valence electrons. The predicted molar refractivity (Wildman–Crippen MR) is 77.4 cm³/mol. The number of halogens is 3. The molecule has 0 atom stereocenters. The molecule has 1 rings (SSSR count). The fraction of sp³-hybridized carbons (Fsp3) is 0.533. The lowest BCUT2D eigenvalue weighted by Gasteiger charge is -2.20. The van der Waals surface area contributed by atoms with Crippen LogP contribution in [0.25, 0.3) is 0 Å². The van der Waals surface area contributed by atoms with Gasteiger partial charge in [0.2, 0.25) is 0 Å². The maximum absolute atomic E-state index is 12.3. The molecule has 0 heterocycles. The van der Waals surface area contributed by atoms with Crippen LogP contribution in [0, 0.1) is 5.92 Å². The van der Waals surface area contributed by atoms with E-state index in [0.717, 1.165) is 6.42 Å². The van der Waals surface area contributed by atoms with Gasteiger partial charge in [-0.25, -0.2) is 4.79 Å². The molecule has 2 amide bonds. The van der Waals surface area contributed by atoms with Crippen molar-refractivity contribution in [3.8, 4) is 5.75 Å². The molecule has 0 aliphatic rings. The van der Waals surface area contributed by atoms with Gasteiger partial charge in [-0.05, 0) is 18.4 Å². The first-order chi connectivity index (χ1) is 10.2. The van der Waals surface area contributed by atoms with Crippen LogP contribution in [0.15, 0.2) is 24.3 Å². The second kappa shape index (κ2) is 7.91. The third-order valence-electron chi connectivity index (χ3n) is 2.95. The highest BCUT2D eigenvalue weighted by Gasteiger charge is 2.32. The van der Waals surface area contributed by atoms with Gasteiger partial charge in [0.05, 0.1) is 6.54 Å². The largest absolute Gasteiger partial charge is 0.573 e. The summed E-state index contributed by atoms with van der Waals surface area (Å²) in [7, 11) is 1.52. The van der Waals surface area contributed by atoms with Gasteiger partial charge < -0.3 is 15.0 Å². The standard InChI is InChI=1S/C15H21F3N2O2/c1-11(2)8-9-19-14(21)20(3)10-12-6-4-5-7-13(12)22-15(16,17)18/h4-7,11H,8-10H2,1-3H3,(H,19,21). The molecular formula is C15H21F3N2O2. The van der Waals surface area contributed by atoms with E-state index in [4.69, 9.17) is 0 Å². The van der Waals surface area contributed by atoms with Crippen molar-refractivity contribution in [1.82, 2.24) is 10.2 Å². The minimum absolute atomic E-state index is 0.0275. The average molecular weight is 318 g/mol. The van der Waals surface area contributed by atoms with E-state index in [-0.39, 0.29) is 18.3 Å². The molecule has 1 aromatic carbocycles. The molecule has 1 N–H and O–H groups in total. The van der Waals surface area contributed by atoms with Crippen molar-refractivity contribution in [3.05, 3.63) is 29.8 Å². The van der Waals surface area contributed by atoms with Gasteiger partial charge in [-0.2, -0.15) is 0 Å². The van der Waals surface area contributed by atoms with Gasteiger partial charge in [0.15, 0.2) is 0 Å².